The molecule has 2 rings (SSSR count). The number of nitrogens with two attached hydrogens (primary N) is 1. The van der Waals surface area contributed by atoms with Crippen molar-refractivity contribution in [3.05, 3.63) is 48.6 Å². The van der Waals surface area contributed by atoms with Crippen LogP contribution in [0.5, 0.6) is 0 Å². The van der Waals surface area contributed by atoms with E-state index < -0.39 is 5.91 Å². The summed E-state index contributed by atoms with van der Waals surface area (Å²) in [7, 11) is 0. The second-order valence-electron chi connectivity index (χ2n) is 2.80. The van der Waals surface area contributed by atoms with E-state index in [-0.39, 0.29) is 5.69 Å². The van der Waals surface area contributed by atoms with Crippen LogP contribution in [0.2, 0.25) is 0 Å². The molecule has 0 radical (unpaired) electrons. The van der Waals surface area contributed by atoms with Gasteiger partial charge in [0.25, 0.3) is 5.91 Å². The first-order chi connectivity index (χ1) is 7.70. The van der Waals surface area contributed by atoms with Crippen molar-refractivity contribution in [1.82, 2.24) is 19.9 Å². The molecular formula is C10H11N5O. The van der Waals surface area contributed by atoms with Crippen LogP contribution in [0.1, 0.15) is 16.2 Å². The van der Waals surface area contributed by atoms with Gasteiger partial charge in [-0.05, 0) is 6.92 Å². The van der Waals surface area contributed by atoms with Crippen LogP contribution < -0.4 is 5.73 Å². The molecule has 0 saturated heterocycles. The average molecular weight is 217 g/mol. The van der Waals surface area contributed by atoms with Gasteiger partial charge < -0.3 is 5.73 Å². The Morgan fingerprint density at radius 2 is 1.69 bits per heavy atom. The van der Waals surface area contributed by atoms with E-state index in [4.69, 9.17) is 5.73 Å². The van der Waals surface area contributed by atoms with Crippen molar-refractivity contribution in [3.63, 3.8) is 0 Å². The van der Waals surface area contributed by atoms with E-state index in [1.807, 2.05) is 6.92 Å². The summed E-state index contributed by atoms with van der Waals surface area (Å²) >= 11 is 0. The first-order valence-corrected chi connectivity index (χ1v) is 4.48. The lowest BCUT2D eigenvalue weighted by Crippen LogP contribution is -2.12. The fraction of sp³-hybridized carbons (Fsp3) is 0.100. The van der Waals surface area contributed by atoms with Crippen LogP contribution in [0.4, 0.5) is 0 Å². The van der Waals surface area contributed by atoms with Gasteiger partial charge in [-0.2, -0.15) is 0 Å². The molecule has 0 atom stereocenters. The maximum absolute atomic E-state index is 10.3. The van der Waals surface area contributed by atoms with Gasteiger partial charge in [0.2, 0.25) is 0 Å². The summed E-state index contributed by atoms with van der Waals surface area (Å²) < 4.78 is 0. The number of amides is 1. The molecule has 2 heterocycles. The maximum atomic E-state index is 10.3. The molecule has 0 aliphatic heterocycles. The summed E-state index contributed by atoms with van der Waals surface area (Å²) in [6.45, 7) is 1.91. The van der Waals surface area contributed by atoms with Crippen LogP contribution in [0.25, 0.3) is 0 Å². The standard InChI is InChI=1S/C5H5N3O.C5H6N2/c6-5(9)4-3-7-1-2-8-4;1-5-4-6-2-3-7-5/h1-3H,(H2,6,9);2-4H,1H3. The van der Waals surface area contributed by atoms with Crippen molar-refractivity contribution in [2.75, 3.05) is 0 Å². The quantitative estimate of drug-likeness (QED) is 0.744. The summed E-state index contributed by atoms with van der Waals surface area (Å²) in [5.41, 5.74) is 6.03. The minimum Gasteiger partial charge on any atom is -0.364 e. The highest BCUT2D eigenvalue weighted by atomic mass is 16.1. The van der Waals surface area contributed by atoms with Crippen LogP contribution in [0.3, 0.4) is 0 Å². The third-order valence-electron chi connectivity index (χ3n) is 1.51. The van der Waals surface area contributed by atoms with Crippen LogP contribution in [-0.4, -0.2) is 25.8 Å². The predicted molar refractivity (Wildman–Crippen MR) is 57.3 cm³/mol. The molecule has 6 heteroatoms. The normalized spacial score (nSPS) is 8.81. The summed E-state index contributed by atoms with van der Waals surface area (Å²) in [4.78, 5) is 25.3. The molecule has 2 aromatic rings. The number of hydrogen-bond acceptors (Lipinski definition) is 5. The molecular weight excluding hydrogens is 206 g/mol. The van der Waals surface area contributed by atoms with Gasteiger partial charge in [0.15, 0.2) is 0 Å². The maximum Gasteiger partial charge on any atom is 0.268 e. The molecule has 0 saturated carbocycles. The minimum atomic E-state index is -0.553. The van der Waals surface area contributed by atoms with Crippen LogP contribution in [0, 0.1) is 6.92 Å². The Balaban J connectivity index is 0.000000165. The number of carbonyl (C=O) groups is 1. The van der Waals surface area contributed by atoms with Crippen molar-refractivity contribution in [2.24, 2.45) is 5.73 Å². The van der Waals surface area contributed by atoms with Gasteiger partial charge >= 0.3 is 0 Å². The highest BCUT2D eigenvalue weighted by Gasteiger charge is 1.97. The smallest absolute Gasteiger partial charge is 0.268 e. The van der Waals surface area contributed by atoms with Crippen molar-refractivity contribution in [1.29, 1.82) is 0 Å². The lowest BCUT2D eigenvalue weighted by Gasteiger charge is -1.87. The zero-order valence-electron chi connectivity index (χ0n) is 8.74. The molecule has 6 nitrogen and oxygen atoms in total. The van der Waals surface area contributed by atoms with Crippen molar-refractivity contribution >= 4 is 5.91 Å². The van der Waals surface area contributed by atoms with Crippen LogP contribution in [-0.2, 0) is 0 Å². The van der Waals surface area contributed by atoms with Crippen LogP contribution in [0.15, 0.2) is 37.2 Å². The predicted octanol–water partition coefficient (Wildman–Crippen LogP) is 0.361. The number of carbonyl (C=O) groups excluding carboxylic acids is 1. The molecule has 0 aliphatic carbocycles. The Hall–Kier alpha value is -2.37. The van der Waals surface area contributed by atoms with Gasteiger partial charge in [-0.25, -0.2) is 4.98 Å². The molecule has 0 bridgehead atoms. The van der Waals surface area contributed by atoms with E-state index in [0.717, 1.165) is 5.69 Å². The molecule has 0 unspecified atom stereocenters. The van der Waals surface area contributed by atoms with Gasteiger partial charge in [0, 0.05) is 31.0 Å². The highest BCUT2D eigenvalue weighted by molar-refractivity contribution is 5.90. The zero-order valence-corrected chi connectivity index (χ0v) is 8.74. The Morgan fingerprint density at radius 3 is 1.94 bits per heavy atom. The van der Waals surface area contributed by atoms with Crippen molar-refractivity contribution < 1.29 is 4.79 Å². The monoisotopic (exact) mass is 217 g/mol. The molecule has 1 amide bonds. The van der Waals surface area contributed by atoms with E-state index in [0.29, 0.717) is 0 Å². The third-order valence-corrected chi connectivity index (χ3v) is 1.51. The first kappa shape index (κ1) is 11.7. The average Bonchev–Trinajstić information content (AvgIpc) is 2.32. The Kier molecular flexibility index (Phi) is 4.52. The largest absolute Gasteiger partial charge is 0.364 e. The third kappa shape index (κ3) is 4.23. The van der Waals surface area contributed by atoms with Crippen LogP contribution >= 0.6 is 0 Å². The number of aromatic nitrogens is 4. The Morgan fingerprint density at radius 1 is 1.06 bits per heavy atom. The highest BCUT2D eigenvalue weighted by Crippen LogP contribution is 1.85. The SMILES string of the molecule is Cc1cnccn1.NC(=O)c1cnccn1. The molecule has 2 N–H and O–H groups in total. The molecule has 0 aliphatic rings. The second-order valence-corrected chi connectivity index (χ2v) is 2.80. The molecule has 16 heavy (non-hydrogen) atoms. The van der Waals surface area contributed by atoms with E-state index >= 15 is 0 Å². The number of rotatable bonds is 1. The lowest BCUT2D eigenvalue weighted by molar-refractivity contribution is 0.0995. The number of primary amides is 1. The molecule has 82 valence electrons. The van der Waals surface area contributed by atoms with Gasteiger partial charge in [0.1, 0.15) is 5.69 Å². The van der Waals surface area contributed by atoms with Crippen molar-refractivity contribution in [2.45, 2.75) is 6.92 Å². The lowest BCUT2D eigenvalue weighted by atomic mass is 10.4. The van der Waals surface area contributed by atoms with Gasteiger partial charge in [0.05, 0.1) is 11.9 Å². The fourth-order valence-electron chi connectivity index (χ4n) is 0.800. The Bertz CT molecular complexity index is 431. The fourth-order valence-corrected chi connectivity index (χ4v) is 0.800. The van der Waals surface area contributed by atoms with Crippen molar-refractivity contribution in [3.8, 4) is 0 Å². The van der Waals surface area contributed by atoms with E-state index in [1.165, 1.54) is 18.6 Å². The topological polar surface area (TPSA) is 94.7 Å². The zero-order chi connectivity index (χ0) is 11.8. The summed E-state index contributed by atoms with van der Waals surface area (Å²) in [5.74, 6) is -0.553. The summed E-state index contributed by atoms with van der Waals surface area (Å²) in [6.07, 6.45) is 9.28. The molecule has 0 fully saturated rings. The van der Waals surface area contributed by atoms with Gasteiger partial charge in [-0.15, -0.1) is 0 Å². The second kappa shape index (κ2) is 6.18. The van der Waals surface area contributed by atoms with Gasteiger partial charge in [-0.3, -0.25) is 19.7 Å². The molecule has 2 aromatic heterocycles. The van der Waals surface area contributed by atoms with E-state index in [1.54, 1.807) is 18.6 Å². The van der Waals surface area contributed by atoms with Gasteiger partial charge in [-0.1, -0.05) is 0 Å². The minimum absolute atomic E-state index is 0.192. The van der Waals surface area contributed by atoms with E-state index in [9.17, 15) is 4.79 Å². The Labute approximate surface area is 92.6 Å². The number of aryl methyl sites for hydroxylation is 1. The summed E-state index contributed by atoms with van der Waals surface area (Å²) in [6, 6.07) is 0. The number of nitrogens with zero attached hydrogens (tertiary/aromatic N) is 4. The molecule has 0 spiro atoms. The molecule has 0 aromatic carbocycles. The van der Waals surface area contributed by atoms with E-state index in [2.05, 4.69) is 19.9 Å². The summed E-state index contributed by atoms with van der Waals surface area (Å²) in [5, 5.41) is 0. The first-order valence-electron chi connectivity index (χ1n) is 4.48. The number of hydrogen-bond donors (Lipinski definition) is 1.